The maximum absolute atomic E-state index is 5.93. The van der Waals surface area contributed by atoms with Gasteiger partial charge in [-0.05, 0) is 28.7 Å². The first-order chi connectivity index (χ1) is 5.79. The van der Waals surface area contributed by atoms with Crippen molar-refractivity contribution in [2.75, 3.05) is 6.61 Å². The lowest BCUT2D eigenvalue weighted by Crippen LogP contribution is -2.20. The van der Waals surface area contributed by atoms with Crippen LogP contribution in [-0.4, -0.2) is 6.61 Å². The Bertz CT molecular complexity index is 301. The Hall–Kier alpha value is -0.290. The van der Waals surface area contributed by atoms with Gasteiger partial charge in [0.25, 0.3) is 0 Å². The normalized spacial score (nSPS) is 21.3. The molecular weight excluding hydrogens is 265 g/mol. The lowest BCUT2D eigenvalue weighted by atomic mass is 10.0. The summed E-state index contributed by atoms with van der Waals surface area (Å²) in [5.41, 5.74) is 7.08. The maximum Gasteiger partial charge on any atom is 0.137 e. The molecule has 12 heavy (non-hydrogen) atoms. The third kappa shape index (κ3) is 1.31. The number of nitrogens with two attached hydrogens (primary N) is 1. The highest BCUT2D eigenvalue weighted by atomic mass is 127. The monoisotopic (exact) mass is 275 g/mol. The first kappa shape index (κ1) is 8.31. The average Bonchev–Trinajstić information content (AvgIpc) is 2.07. The highest BCUT2D eigenvalue weighted by Gasteiger charge is 2.19. The Morgan fingerprint density at radius 2 is 2.33 bits per heavy atom. The Morgan fingerprint density at radius 3 is 3.08 bits per heavy atom. The van der Waals surface area contributed by atoms with Crippen LogP contribution in [0.1, 0.15) is 18.0 Å². The first-order valence-electron chi connectivity index (χ1n) is 3.96. The summed E-state index contributed by atoms with van der Waals surface area (Å²) in [5, 5.41) is 0. The van der Waals surface area contributed by atoms with E-state index in [0.29, 0.717) is 0 Å². The number of hydrogen-bond acceptors (Lipinski definition) is 2. The second-order valence-electron chi connectivity index (χ2n) is 2.90. The van der Waals surface area contributed by atoms with Crippen molar-refractivity contribution in [2.24, 2.45) is 5.73 Å². The van der Waals surface area contributed by atoms with Gasteiger partial charge in [-0.25, -0.2) is 0 Å². The smallest absolute Gasteiger partial charge is 0.137 e. The second kappa shape index (κ2) is 3.22. The van der Waals surface area contributed by atoms with Crippen LogP contribution >= 0.6 is 22.6 Å². The molecule has 0 unspecified atom stereocenters. The summed E-state index contributed by atoms with van der Waals surface area (Å²) in [7, 11) is 0. The molecule has 0 saturated heterocycles. The van der Waals surface area contributed by atoms with E-state index in [9.17, 15) is 0 Å². The quantitative estimate of drug-likeness (QED) is 0.736. The minimum absolute atomic E-state index is 0.156. The molecule has 2 nitrogen and oxygen atoms in total. The fraction of sp³-hybridized carbons (Fsp3) is 0.333. The molecule has 0 aliphatic carbocycles. The zero-order chi connectivity index (χ0) is 8.55. The minimum atomic E-state index is 0.156. The zero-order valence-electron chi connectivity index (χ0n) is 6.59. The molecular formula is C9H10INO. The summed E-state index contributed by atoms with van der Waals surface area (Å²) < 4.78 is 6.69. The van der Waals surface area contributed by atoms with Gasteiger partial charge in [-0.2, -0.15) is 0 Å². The van der Waals surface area contributed by atoms with Gasteiger partial charge in [0.05, 0.1) is 10.2 Å². The predicted molar refractivity (Wildman–Crippen MR) is 56.2 cm³/mol. The summed E-state index contributed by atoms with van der Waals surface area (Å²) in [6, 6.07) is 6.26. The molecule has 0 spiro atoms. The Morgan fingerprint density at radius 1 is 1.50 bits per heavy atom. The van der Waals surface area contributed by atoms with E-state index in [1.807, 2.05) is 18.2 Å². The molecule has 0 amide bonds. The lowest BCUT2D eigenvalue weighted by Gasteiger charge is -2.23. The summed E-state index contributed by atoms with van der Waals surface area (Å²) in [6.07, 6.45) is 0.924. The van der Waals surface area contributed by atoms with Gasteiger partial charge in [-0.3, -0.25) is 0 Å². The molecule has 1 atom stereocenters. The number of fused-ring (bicyclic) bond motifs is 1. The van der Waals surface area contributed by atoms with Crippen LogP contribution in [0.25, 0.3) is 0 Å². The molecule has 3 heteroatoms. The van der Waals surface area contributed by atoms with E-state index in [1.54, 1.807) is 0 Å². The molecule has 1 aromatic rings. The third-order valence-corrected chi connectivity index (χ3v) is 2.92. The standard InChI is InChI=1S/C9H10INO/c10-7-3-1-2-6-8(11)4-5-12-9(6)7/h1-3,8H,4-5,11H2/t8-/m0/s1. The SMILES string of the molecule is N[C@H]1CCOc2c(I)cccc21. The molecule has 2 rings (SSSR count). The number of ether oxygens (including phenoxy) is 1. The topological polar surface area (TPSA) is 35.2 Å². The fourth-order valence-electron chi connectivity index (χ4n) is 1.41. The van der Waals surface area contributed by atoms with Gasteiger partial charge >= 0.3 is 0 Å². The molecule has 1 heterocycles. The molecule has 0 fully saturated rings. The van der Waals surface area contributed by atoms with Crippen molar-refractivity contribution < 1.29 is 4.74 Å². The largest absolute Gasteiger partial charge is 0.492 e. The number of halogens is 1. The summed E-state index contributed by atoms with van der Waals surface area (Å²) in [5.74, 6) is 0.983. The number of benzene rings is 1. The molecule has 0 radical (unpaired) electrons. The van der Waals surface area contributed by atoms with Crippen molar-refractivity contribution in [3.63, 3.8) is 0 Å². The number of rotatable bonds is 0. The van der Waals surface area contributed by atoms with Crippen LogP contribution in [0.15, 0.2) is 18.2 Å². The van der Waals surface area contributed by atoms with Crippen LogP contribution in [0.4, 0.5) is 0 Å². The van der Waals surface area contributed by atoms with Crippen LogP contribution in [-0.2, 0) is 0 Å². The highest BCUT2D eigenvalue weighted by molar-refractivity contribution is 14.1. The Labute approximate surface area is 85.2 Å². The summed E-state index contributed by atoms with van der Waals surface area (Å²) >= 11 is 2.27. The number of hydrogen-bond donors (Lipinski definition) is 1. The van der Waals surface area contributed by atoms with E-state index in [1.165, 1.54) is 0 Å². The van der Waals surface area contributed by atoms with Crippen LogP contribution in [0.2, 0.25) is 0 Å². The van der Waals surface area contributed by atoms with Gasteiger partial charge in [0.15, 0.2) is 0 Å². The van der Waals surface area contributed by atoms with Gasteiger partial charge in [-0.15, -0.1) is 0 Å². The number of para-hydroxylation sites is 1. The lowest BCUT2D eigenvalue weighted by molar-refractivity contribution is 0.267. The van der Waals surface area contributed by atoms with E-state index < -0.39 is 0 Å². The highest BCUT2D eigenvalue weighted by Crippen LogP contribution is 2.33. The average molecular weight is 275 g/mol. The van der Waals surface area contributed by atoms with E-state index >= 15 is 0 Å². The Kier molecular flexibility index (Phi) is 2.23. The van der Waals surface area contributed by atoms with Gasteiger partial charge in [0, 0.05) is 18.0 Å². The maximum atomic E-state index is 5.93. The van der Waals surface area contributed by atoms with Crippen molar-refractivity contribution in [3.05, 3.63) is 27.3 Å². The van der Waals surface area contributed by atoms with Crippen LogP contribution < -0.4 is 10.5 Å². The van der Waals surface area contributed by atoms with Crippen molar-refractivity contribution in [1.82, 2.24) is 0 Å². The molecule has 0 bridgehead atoms. The van der Waals surface area contributed by atoms with Crippen molar-refractivity contribution in [2.45, 2.75) is 12.5 Å². The fourth-order valence-corrected chi connectivity index (χ4v) is 2.09. The summed E-state index contributed by atoms with van der Waals surface area (Å²) in [6.45, 7) is 0.744. The molecule has 2 N–H and O–H groups in total. The minimum Gasteiger partial charge on any atom is -0.492 e. The molecule has 64 valence electrons. The van der Waals surface area contributed by atoms with E-state index in [4.69, 9.17) is 10.5 Å². The van der Waals surface area contributed by atoms with Crippen molar-refractivity contribution >= 4 is 22.6 Å². The van der Waals surface area contributed by atoms with Gasteiger partial charge in [0.2, 0.25) is 0 Å². The van der Waals surface area contributed by atoms with Gasteiger partial charge in [0.1, 0.15) is 5.75 Å². The molecule has 1 aromatic carbocycles. The second-order valence-corrected chi connectivity index (χ2v) is 4.06. The van der Waals surface area contributed by atoms with Gasteiger partial charge < -0.3 is 10.5 Å². The van der Waals surface area contributed by atoms with Crippen LogP contribution in [0.5, 0.6) is 5.75 Å². The van der Waals surface area contributed by atoms with Crippen LogP contribution in [0, 0.1) is 3.57 Å². The zero-order valence-corrected chi connectivity index (χ0v) is 8.74. The molecule has 1 aliphatic heterocycles. The van der Waals surface area contributed by atoms with Crippen molar-refractivity contribution in [1.29, 1.82) is 0 Å². The van der Waals surface area contributed by atoms with E-state index in [2.05, 4.69) is 22.6 Å². The van der Waals surface area contributed by atoms with Crippen molar-refractivity contribution in [3.8, 4) is 5.75 Å². The first-order valence-corrected chi connectivity index (χ1v) is 5.03. The van der Waals surface area contributed by atoms with E-state index in [0.717, 1.165) is 27.9 Å². The molecule has 0 aromatic heterocycles. The van der Waals surface area contributed by atoms with Gasteiger partial charge in [-0.1, -0.05) is 12.1 Å². The van der Waals surface area contributed by atoms with Crippen LogP contribution in [0.3, 0.4) is 0 Å². The Balaban J connectivity index is 2.52. The van der Waals surface area contributed by atoms with E-state index in [-0.39, 0.29) is 6.04 Å². The summed E-state index contributed by atoms with van der Waals surface area (Å²) in [4.78, 5) is 0. The molecule has 1 aliphatic rings. The molecule has 0 saturated carbocycles. The predicted octanol–water partition coefficient (Wildman–Crippen LogP) is 2.07. The third-order valence-electron chi connectivity index (χ3n) is 2.07.